The molecule has 1 spiro atoms. The number of ether oxygens (including phenoxy) is 1. The van der Waals surface area contributed by atoms with E-state index in [4.69, 9.17) is 4.74 Å². The van der Waals surface area contributed by atoms with Gasteiger partial charge in [-0.2, -0.15) is 0 Å². The molecule has 142 valence electrons. The van der Waals surface area contributed by atoms with Crippen molar-refractivity contribution in [3.05, 3.63) is 59.9 Å². The first-order valence-corrected chi connectivity index (χ1v) is 8.86. The van der Waals surface area contributed by atoms with E-state index in [1.165, 1.54) is 44.6 Å². The van der Waals surface area contributed by atoms with Gasteiger partial charge in [0.1, 0.15) is 12.4 Å². The quantitative estimate of drug-likeness (QED) is 0.837. The lowest BCUT2D eigenvalue weighted by atomic mass is 9.86. The fourth-order valence-corrected chi connectivity index (χ4v) is 3.90. The fraction of sp³-hybridized carbons (Fsp3) is 0.450. The summed E-state index contributed by atoms with van der Waals surface area (Å²) in [4.78, 5) is 6.87. The highest BCUT2D eigenvalue weighted by molar-refractivity contribution is 5.85. The summed E-state index contributed by atoms with van der Waals surface area (Å²) in [5, 5.41) is 3.53. The molecule has 4 nitrogen and oxygen atoms in total. The van der Waals surface area contributed by atoms with Crippen molar-refractivity contribution in [3.63, 3.8) is 0 Å². The van der Waals surface area contributed by atoms with E-state index >= 15 is 0 Å². The Morgan fingerprint density at radius 1 is 1.08 bits per heavy atom. The third-order valence-electron chi connectivity index (χ3n) is 5.29. The smallest absolute Gasteiger partial charge is 0.130 e. The van der Waals surface area contributed by atoms with Gasteiger partial charge in [0.25, 0.3) is 0 Å². The second-order valence-electron chi connectivity index (χ2n) is 7.14. The van der Waals surface area contributed by atoms with Crippen LogP contribution in [-0.2, 0) is 13.2 Å². The Morgan fingerprint density at radius 2 is 1.92 bits per heavy atom. The van der Waals surface area contributed by atoms with Crippen LogP contribution in [0.3, 0.4) is 0 Å². The van der Waals surface area contributed by atoms with Crippen LogP contribution in [0.5, 0.6) is 5.75 Å². The van der Waals surface area contributed by atoms with Gasteiger partial charge in [-0.05, 0) is 61.2 Å². The van der Waals surface area contributed by atoms with E-state index in [2.05, 4.69) is 39.5 Å². The number of nitrogens with zero attached hydrogens (tertiary/aromatic N) is 2. The van der Waals surface area contributed by atoms with Gasteiger partial charge in [0.2, 0.25) is 0 Å². The Bertz CT molecular complexity index is 661. The summed E-state index contributed by atoms with van der Waals surface area (Å²) in [6, 6.07) is 14.4. The number of nitrogens with one attached hydrogen (secondary N) is 1. The van der Waals surface area contributed by atoms with E-state index in [1.54, 1.807) is 6.20 Å². The van der Waals surface area contributed by atoms with E-state index in [0.29, 0.717) is 12.0 Å². The SMILES string of the molecule is Cl.Cl.c1ccc(COc2ccc(CN3CCC4(CCNC4)C3)cc2)nc1. The first-order valence-electron chi connectivity index (χ1n) is 8.86. The molecular formula is C20H27Cl2N3O. The van der Waals surface area contributed by atoms with Gasteiger partial charge in [-0.1, -0.05) is 18.2 Å². The molecule has 2 aliphatic heterocycles. The van der Waals surface area contributed by atoms with Crippen molar-refractivity contribution >= 4 is 24.8 Å². The first-order chi connectivity index (χ1) is 11.8. The van der Waals surface area contributed by atoms with Gasteiger partial charge in [0.15, 0.2) is 0 Å². The lowest BCUT2D eigenvalue weighted by molar-refractivity contribution is 0.268. The van der Waals surface area contributed by atoms with Crippen LogP contribution < -0.4 is 10.1 Å². The number of pyridine rings is 1. The van der Waals surface area contributed by atoms with Crippen molar-refractivity contribution in [1.82, 2.24) is 15.2 Å². The van der Waals surface area contributed by atoms with Gasteiger partial charge in [-0.15, -0.1) is 24.8 Å². The van der Waals surface area contributed by atoms with Crippen LogP contribution in [-0.4, -0.2) is 36.1 Å². The summed E-state index contributed by atoms with van der Waals surface area (Å²) >= 11 is 0. The van der Waals surface area contributed by atoms with Crippen LogP contribution in [0.25, 0.3) is 0 Å². The van der Waals surface area contributed by atoms with Crippen molar-refractivity contribution in [1.29, 1.82) is 0 Å². The molecule has 26 heavy (non-hydrogen) atoms. The van der Waals surface area contributed by atoms with E-state index in [-0.39, 0.29) is 24.8 Å². The molecule has 0 bridgehead atoms. The third-order valence-corrected chi connectivity index (χ3v) is 5.29. The molecule has 3 heterocycles. The summed E-state index contributed by atoms with van der Waals surface area (Å²) in [6.07, 6.45) is 4.47. The van der Waals surface area contributed by atoms with Crippen LogP contribution in [0, 0.1) is 5.41 Å². The number of halogens is 2. The second kappa shape index (κ2) is 9.56. The zero-order chi connectivity index (χ0) is 16.2. The molecule has 0 aliphatic carbocycles. The third kappa shape index (κ3) is 5.10. The fourth-order valence-electron chi connectivity index (χ4n) is 3.90. The number of aromatic nitrogens is 1. The molecule has 2 fully saturated rings. The Kier molecular flexibility index (Phi) is 7.71. The summed E-state index contributed by atoms with van der Waals surface area (Å²) in [6.45, 7) is 6.40. The summed E-state index contributed by atoms with van der Waals surface area (Å²) < 4.78 is 5.81. The minimum atomic E-state index is 0. The molecule has 0 radical (unpaired) electrons. The topological polar surface area (TPSA) is 37.4 Å². The van der Waals surface area contributed by atoms with Crippen molar-refractivity contribution in [2.75, 3.05) is 26.2 Å². The highest BCUT2D eigenvalue weighted by atomic mass is 35.5. The van der Waals surface area contributed by atoms with E-state index < -0.39 is 0 Å². The molecule has 1 aromatic heterocycles. The molecule has 1 unspecified atom stereocenters. The Balaban J connectivity index is 0.00000121. The number of benzene rings is 1. The normalized spacial score (nSPS) is 22.0. The number of rotatable bonds is 5. The van der Waals surface area contributed by atoms with Crippen LogP contribution >= 0.6 is 24.8 Å². The lowest BCUT2D eigenvalue weighted by Crippen LogP contribution is -2.28. The lowest BCUT2D eigenvalue weighted by Gasteiger charge is -2.22. The summed E-state index contributed by atoms with van der Waals surface area (Å²) in [5.41, 5.74) is 2.86. The Morgan fingerprint density at radius 3 is 2.62 bits per heavy atom. The molecule has 1 N–H and O–H groups in total. The van der Waals surface area contributed by atoms with Gasteiger partial charge in [0.05, 0.1) is 5.69 Å². The molecule has 4 rings (SSSR count). The van der Waals surface area contributed by atoms with Crippen molar-refractivity contribution in [2.45, 2.75) is 26.0 Å². The Hall–Kier alpha value is -1.33. The van der Waals surface area contributed by atoms with Crippen LogP contribution in [0.1, 0.15) is 24.1 Å². The minimum absolute atomic E-state index is 0. The van der Waals surface area contributed by atoms with Crippen LogP contribution in [0.15, 0.2) is 48.7 Å². The number of hydrogen-bond acceptors (Lipinski definition) is 4. The number of likely N-dealkylation sites (tertiary alicyclic amines) is 1. The summed E-state index contributed by atoms with van der Waals surface area (Å²) in [5.74, 6) is 0.905. The molecule has 0 amide bonds. The number of hydrogen-bond donors (Lipinski definition) is 1. The standard InChI is InChI=1S/C20H25N3O.2ClH/c1-2-10-22-18(3-1)14-24-19-6-4-17(5-7-19)13-23-12-9-20(16-23)8-11-21-15-20;;/h1-7,10,21H,8-9,11-16H2;2*1H. The van der Waals surface area contributed by atoms with Crippen molar-refractivity contribution in [3.8, 4) is 5.75 Å². The van der Waals surface area contributed by atoms with Gasteiger partial charge in [-0.3, -0.25) is 9.88 Å². The minimum Gasteiger partial charge on any atom is -0.487 e. The zero-order valence-electron chi connectivity index (χ0n) is 14.9. The maximum Gasteiger partial charge on any atom is 0.130 e. The average molecular weight is 396 g/mol. The molecular weight excluding hydrogens is 369 g/mol. The predicted octanol–water partition coefficient (Wildman–Crippen LogP) is 3.69. The zero-order valence-corrected chi connectivity index (χ0v) is 16.5. The maximum absolute atomic E-state index is 5.81. The van der Waals surface area contributed by atoms with Crippen LogP contribution in [0.4, 0.5) is 0 Å². The van der Waals surface area contributed by atoms with Crippen LogP contribution in [0.2, 0.25) is 0 Å². The van der Waals surface area contributed by atoms with E-state index in [9.17, 15) is 0 Å². The maximum atomic E-state index is 5.81. The molecule has 2 aromatic rings. The van der Waals surface area contributed by atoms with E-state index in [1.807, 2.05) is 18.2 Å². The van der Waals surface area contributed by atoms with Gasteiger partial charge in [-0.25, -0.2) is 0 Å². The monoisotopic (exact) mass is 395 g/mol. The van der Waals surface area contributed by atoms with Crippen molar-refractivity contribution in [2.24, 2.45) is 5.41 Å². The Labute approximate surface area is 168 Å². The molecule has 2 aliphatic rings. The molecule has 1 atom stereocenters. The highest BCUT2D eigenvalue weighted by Gasteiger charge is 2.39. The molecule has 6 heteroatoms. The summed E-state index contributed by atoms with van der Waals surface area (Å²) in [7, 11) is 0. The molecule has 0 saturated carbocycles. The van der Waals surface area contributed by atoms with Crippen molar-refractivity contribution < 1.29 is 4.74 Å². The van der Waals surface area contributed by atoms with E-state index in [0.717, 1.165) is 18.0 Å². The molecule has 1 aromatic carbocycles. The first kappa shape index (κ1) is 21.0. The van der Waals surface area contributed by atoms with Gasteiger partial charge in [0, 0.05) is 25.8 Å². The average Bonchev–Trinajstić information content (AvgIpc) is 3.25. The van der Waals surface area contributed by atoms with Gasteiger partial charge < -0.3 is 10.1 Å². The predicted molar refractivity (Wildman–Crippen MR) is 109 cm³/mol. The second-order valence-corrected chi connectivity index (χ2v) is 7.14. The highest BCUT2D eigenvalue weighted by Crippen LogP contribution is 2.36. The molecule has 2 saturated heterocycles. The largest absolute Gasteiger partial charge is 0.487 e. The van der Waals surface area contributed by atoms with Gasteiger partial charge >= 0.3 is 0 Å².